The Morgan fingerprint density at radius 2 is 1.54 bits per heavy atom. The Morgan fingerprint density at radius 1 is 0.756 bits per heavy atom. The summed E-state index contributed by atoms with van der Waals surface area (Å²) < 4.78 is 16.2. The van der Waals surface area contributed by atoms with E-state index in [9.17, 15) is 9.59 Å². The third kappa shape index (κ3) is 5.34. The second-order valence-corrected chi connectivity index (χ2v) is 9.76. The highest BCUT2D eigenvalue weighted by Crippen LogP contribution is 2.24. The van der Waals surface area contributed by atoms with Crippen LogP contribution in [0.15, 0.2) is 107 Å². The summed E-state index contributed by atoms with van der Waals surface area (Å²) in [5.74, 6) is 1.20. The summed E-state index contributed by atoms with van der Waals surface area (Å²) in [6.45, 7) is 1.37. The van der Waals surface area contributed by atoms with Crippen LogP contribution < -0.4 is 20.7 Å². The average molecular weight is 548 g/mol. The van der Waals surface area contributed by atoms with E-state index in [-0.39, 0.29) is 12.1 Å². The number of ether oxygens (including phenoxy) is 2. The van der Waals surface area contributed by atoms with E-state index in [1.807, 2.05) is 83.5 Å². The molecule has 9 heteroatoms. The van der Waals surface area contributed by atoms with Gasteiger partial charge in [0.2, 0.25) is 0 Å². The minimum atomic E-state index is -0.391. The van der Waals surface area contributed by atoms with Crippen molar-refractivity contribution in [1.82, 2.24) is 24.1 Å². The molecule has 0 radical (unpaired) electrons. The summed E-state index contributed by atoms with van der Waals surface area (Å²) >= 11 is 0. The molecule has 0 saturated heterocycles. The van der Waals surface area contributed by atoms with Crippen molar-refractivity contribution < 1.29 is 9.47 Å². The van der Waals surface area contributed by atoms with Crippen molar-refractivity contribution in [2.24, 2.45) is 0 Å². The van der Waals surface area contributed by atoms with Gasteiger partial charge in [0.15, 0.2) is 0 Å². The number of fused-ring (bicyclic) bond motifs is 2. The monoisotopic (exact) mass is 547 g/mol. The number of nitrogens with zero attached hydrogens (tertiary/aromatic N) is 5. The van der Waals surface area contributed by atoms with Crippen molar-refractivity contribution in [3.63, 3.8) is 0 Å². The van der Waals surface area contributed by atoms with Crippen LogP contribution in [0.5, 0.6) is 11.5 Å². The molecular weight excluding hydrogens is 518 g/mol. The van der Waals surface area contributed by atoms with E-state index in [2.05, 4.69) is 10.3 Å². The van der Waals surface area contributed by atoms with Crippen molar-refractivity contribution in [2.45, 2.75) is 32.7 Å². The van der Waals surface area contributed by atoms with Gasteiger partial charge in [0, 0.05) is 13.1 Å². The van der Waals surface area contributed by atoms with Gasteiger partial charge in [0.05, 0.1) is 24.6 Å². The molecule has 206 valence electrons. The lowest BCUT2D eigenvalue weighted by molar-refractivity contribution is 0.308. The Morgan fingerprint density at radius 3 is 2.34 bits per heavy atom. The van der Waals surface area contributed by atoms with E-state index < -0.39 is 5.69 Å². The first-order valence-electron chi connectivity index (χ1n) is 13.5. The van der Waals surface area contributed by atoms with Crippen molar-refractivity contribution >= 4 is 21.9 Å². The summed E-state index contributed by atoms with van der Waals surface area (Å²) in [6, 6.07) is 30.3. The Hall–Kier alpha value is -5.18. The van der Waals surface area contributed by atoms with Gasteiger partial charge in [-0.25, -0.2) is 9.48 Å². The van der Waals surface area contributed by atoms with Crippen molar-refractivity contribution in [1.29, 1.82) is 0 Å². The first kappa shape index (κ1) is 26.1. The van der Waals surface area contributed by atoms with Gasteiger partial charge < -0.3 is 9.47 Å². The number of aromatic nitrogens is 5. The lowest BCUT2D eigenvalue weighted by atomic mass is 10.2. The molecule has 0 fully saturated rings. The first-order chi connectivity index (χ1) is 20.1. The highest BCUT2D eigenvalue weighted by atomic mass is 16.5. The summed E-state index contributed by atoms with van der Waals surface area (Å²) in [7, 11) is 1.60. The van der Waals surface area contributed by atoms with Crippen molar-refractivity contribution in [2.75, 3.05) is 7.11 Å². The maximum atomic E-state index is 14.0. The minimum absolute atomic E-state index is 0.139. The third-order valence-electron chi connectivity index (χ3n) is 7.12. The SMILES string of the molecule is COc1ccc(Cn2c(=O)c3cccc(OCc4ccccc4)c3n(CCCn3nnc4ccccc43)c2=O)cc1. The maximum Gasteiger partial charge on any atom is 0.331 e. The molecule has 4 aromatic carbocycles. The van der Waals surface area contributed by atoms with Crippen LogP contribution in [0.2, 0.25) is 0 Å². The largest absolute Gasteiger partial charge is 0.497 e. The molecule has 2 aromatic heterocycles. The van der Waals surface area contributed by atoms with E-state index in [4.69, 9.17) is 9.47 Å². The van der Waals surface area contributed by atoms with E-state index in [0.29, 0.717) is 48.5 Å². The molecule has 2 heterocycles. The zero-order valence-electron chi connectivity index (χ0n) is 22.6. The molecule has 0 amide bonds. The molecule has 6 aromatic rings. The van der Waals surface area contributed by atoms with E-state index >= 15 is 0 Å². The van der Waals surface area contributed by atoms with Crippen LogP contribution in [-0.2, 0) is 26.2 Å². The van der Waals surface area contributed by atoms with Crippen LogP contribution in [0.4, 0.5) is 0 Å². The van der Waals surface area contributed by atoms with Crippen molar-refractivity contribution in [3.8, 4) is 11.5 Å². The average Bonchev–Trinajstić information content (AvgIpc) is 3.43. The number of rotatable bonds is 10. The molecule has 6 rings (SSSR count). The maximum absolute atomic E-state index is 14.0. The van der Waals surface area contributed by atoms with Gasteiger partial charge in [-0.1, -0.05) is 65.9 Å². The van der Waals surface area contributed by atoms with Gasteiger partial charge in [-0.3, -0.25) is 13.9 Å². The number of methoxy groups -OCH3 is 1. The normalized spacial score (nSPS) is 11.2. The highest BCUT2D eigenvalue weighted by Gasteiger charge is 2.18. The number of hydrogen-bond donors (Lipinski definition) is 0. The number of hydrogen-bond acceptors (Lipinski definition) is 6. The van der Waals surface area contributed by atoms with E-state index in [1.165, 1.54) is 4.57 Å². The minimum Gasteiger partial charge on any atom is -0.497 e. The standard InChI is InChI=1S/C32H29N5O4/c1-40-25-17-15-23(16-18-25)21-36-31(38)26-11-7-14-29(41-22-24-9-3-2-4-10-24)30(26)35(32(36)39)19-8-20-37-28-13-6-5-12-27(28)33-34-37/h2-7,9-18H,8,19-22H2,1H3. The van der Waals surface area contributed by atoms with E-state index in [1.54, 1.807) is 29.9 Å². The fourth-order valence-electron chi connectivity index (χ4n) is 5.02. The Kier molecular flexibility index (Phi) is 7.32. The summed E-state index contributed by atoms with van der Waals surface area (Å²) in [5.41, 5.74) is 3.31. The lowest BCUT2D eigenvalue weighted by Crippen LogP contribution is -2.40. The molecule has 0 aliphatic heterocycles. The van der Waals surface area contributed by atoms with Gasteiger partial charge in [-0.05, 0) is 53.9 Å². The van der Waals surface area contributed by atoms with Crippen LogP contribution >= 0.6 is 0 Å². The van der Waals surface area contributed by atoms with Gasteiger partial charge in [-0.15, -0.1) is 5.10 Å². The molecule has 0 bridgehead atoms. The van der Waals surface area contributed by atoms with Gasteiger partial charge >= 0.3 is 5.69 Å². The first-order valence-corrected chi connectivity index (χ1v) is 13.5. The predicted octanol–water partition coefficient (Wildman–Crippen LogP) is 4.63. The Balaban J connectivity index is 1.39. The molecular formula is C32H29N5O4. The highest BCUT2D eigenvalue weighted by molar-refractivity contribution is 5.84. The number of benzene rings is 4. The van der Waals surface area contributed by atoms with Gasteiger partial charge in [-0.2, -0.15) is 0 Å². The zero-order valence-corrected chi connectivity index (χ0v) is 22.6. The van der Waals surface area contributed by atoms with Gasteiger partial charge in [0.1, 0.15) is 29.1 Å². The zero-order chi connectivity index (χ0) is 28.2. The molecule has 0 unspecified atom stereocenters. The van der Waals surface area contributed by atoms with Crippen LogP contribution in [-0.4, -0.2) is 31.2 Å². The summed E-state index contributed by atoms with van der Waals surface area (Å²) in [5, 5.41) is 8.94. The second kappa shape index (κ2) is 11.5. The molecule has 0 spiro atoms. The molecule has 0 saturated carbocycles. The predicted molar refractivity (Wildman–Crippen MR) is 157 cm³/mol. The fraction of sp³-hybridized carbons (Fsp3) is 0.188. The molecule has 41 heavy (non-hydrogen) atoms. The smallest absolute Gasteiger partial charge is 0.331 e. The quantitative estimate of drug-likeness (QED) is 0.248. The van der Waals surface area contributed by atoms with Crippen LogP contribution in [0.3, 0.4) is 0 Å². The van der Waals surface area contributed by atoms with Crippen molar-refractivity contribution in [3.05, 3.63) is 129 Å². The van der Waals surface area contributed by atoms with Gasteiger partial charge in [0.25, 0.3) is 5.56 Å². The van der Waals surface area contributed by atoms with Crippen LogP contribution in [0, 0.1) is 0 Å². The molecule has 0 aliphatic rings. The summed E-state index contributed by atoms with van der Waals surface area (Å²) in [4.78, 5) is 27.7. The number of para-hydroxylation sites is 2. The lowest BCUT2D eigenvalue weighted by Gasteiger charge is -2.17. The third-order valence-corrected chi connectivity index (χ3v) is 7.12. The Bertz CT molecular complexity index is 1920. The van der Waals surface area contributed by atoms with E-state index in [0.717, 1.165) is 22.2 Å². The van der Waals surface area contributed by atoms with Crippen LogP contribution in [0.25, 0.3) is 21.9 Å². The summed E-state index contributed by atoms with van der Waals surface area (Å²) in [6.07, 6.45) is 0.593. The molecule has 9 nitrogen and oxygen atoms in total. The molecule has 0 N–H and O–H groups in total. The molecule has 0 atom stereocenters. The number of aryl methyl sites for hydroxylation is 2. The second-order valence-electron chi connectivity index (χ2n) is 9.76. The molecule has 0 aliphatic carbocycles. The van der Waals surface area contributed by atoms with Crippen LogP contribution in [0.1, 0.15) is 17.5 Å². The topological polar surface area (TPSA) is 93.2 Å². The fourth-order valence-corrected chi connectivity index (χ4v) is 5.02. The Labute approximate surface area is 235 Å².